The molecule has 1 aliphatic carbocycles. The highest BCUT2D eigenvalue weighted by atomic mass is 35.5. The number of rotatable bonds is 4. The van der Waals surface area contributed by atoms with E-state index in [9.17, 15) is 4.79 Å². The molecule has 0 fully saturated rings. The van der Waals surface area contributed by atoms with Crippen LogP contribution in [0.2, 0.25) is 5.02 Å². The van der Waals surface area contributed by atoms with Crippen LogP contribution >= 0.6 is 11.6 Å². The van der Waals surface area contributed by atoms with Gasteiger partial charge in [0.05, 0.1) is 16.6 Å². The molecule has 2 nitrogen and oxygen atoms in total. The third kappa shape index (κ3) is 3.59. The Labute approximate surface area is 142 Å². The summed E-state index contributed by atoms with van der Waals surface area (Å²) in [5, 5.41) is 3.61. The van der Waals surface area contributed by atoms with Crippen molar-refractivity contribution in [3.8, 4) is 0 Å². The smallest absolute Gasteiger partial charge is 0.253 e. The zero-order valence-electron chi connectivity index (χ0n) is 13.4. The lowest BCUT2D eigenvalue weighted by Crippen LogP contribution is -2.28. The van der Waals surface area contributed by atoms with Gasteiger partial charge in [0, 0.05) is 0 Å². The summed E-state index contributed by atoms with van der Waals surface area (Å²) in [6.45, 7) is 2.09. The van der Waals surface area contributed by atoms with Gasteiger partial charge in [-0.25, -0.2) is 0 Å². The van der Waals surface area contributed by atoms with Crippen molar-refractivity contribution in [1.29, 1.82) is 0 Å². The van der Waals surface area contributed by atoms with Crippen LogP contribution in [0.3, 0.4) is 0 Å². The second-order valence-corrected chi connectivity index (χ2v) is 6.56. The van der Waals surface area contributed by atoms with Crippen LogP contribution in [0.1, 0.15) is 59.3 Å². The van der Waals surface area contributed by atoms with Crippen LogP contribution in [0.15, 0.2) is 42.5 Å². The third-order valence-corrected chi connectivity index (χ3v) is 4.94. The standard InChI is InChI=1S/C20H22ClNO/c1-2-19(22-20(23)17-9-5-6-10-18(17)21)16-12-11-14-7-3-4-8-15(14)13-16/h5-6,9-13,19H,2-4,7-8H2,1H3,(H,22,23). The lowest BCUT2D eigenvalue weighted by molar-refractivity contribution is 0.0935. The number of aryl methyl sites for hydroxylation is 2. The number of benzene rings is 2. The van der Waals surface area contributed by atoms with E-state index >= 15 is 0 Å². The summed E-state index contributed by atoms with van der Waals surface area (Å²) in [6, 6.07) is 13.9. The molecule has 1 unspecified atom stereocenters. The van der Waals surface area contributed by atoms with Crippen molar-refractivity contribution in [1.82, 2.24) is 5.32 Å². The van der Waals surface area contributed by atoms with Gasteiger partial charge in [-0.3, -0.25) is 4.79 Å². The van der Waals surface area contributed by atoms with Crippen molar-refractivity contribution >= 4 is 17.5 Å². The van der Waals surface area contributed by atoms with E-state index in [0.29, 0.717) is 10.6 Å². The Morgan fingerprint density at radius 1 is 1.13 bits per heavy atom. The molecular weight excluding hydrogens is 306 g/mol. The molecule has 1 aliphatic rings. The number of fused-ring (bicyclic) bond motifs is 1. The molecule has 0 aromatic heterocycles. The minimum absolute atomic E-state index is 0.0194. The Morgan fingerprint density at radius 3 is 2.61 bits per heavy atom. The number of carbonyl (C=O) groups is 1. The van der Waals surface area contributed by atoms with E-state index in [-0.39, 0.29) is 11.9 Å². The number of hydrogen-bond acceptors (Lipinski definition) is 1. The fraction of sp³-hybridized carbons (Fsp3) is 0.350. The second kappa shape index (κ2) is 7.18. The molecule has 1 amide bonds. The van der Waals surface area contributed by atoms with Gasteiger partial charge in [0.15, 0.2) is 0 Å². The fourth-order valence-electron chi connectivity index (χ4n) is 3.27. The average Bonchev–Trinajstić information content (AvgIpc) is 2.59. The van der Waals surface area contributed by atoms with E-state index in [0.717, 1.165) is 12.8 Å². The Balaban J connectivity index is 1.80. The summed E-state index contributed by atoms with van der Waals surface area (Å²) in [5.41, 5.74) is 4.63. The molecule has 3 rings (SSSR count). The van der Waals surface area contributed by atoms with E-state index in [1.165, 1.54) is 36.0 Å². The van der Waals surface area contributed by atoms with Crippen molar-refractivity contribution in [2.75, 3.05) is 0 Å². The Morgan fingerprint density at radius 2 is 1.87 bits per heavy atom. The highest BCUT2D eigenvalue weighted by Gasteiger charge is 2.18. The normalized spacial score (nSPS) is 14.9. The molecule has 0 aliphatic heterocycles. The zero-order chi connectivity index (χ0) is 16.2. The van der Waals surface area contributed by atoms with Gasteiger partial charge in [-0.2, -0.15) is 0 Å². The van der Waals surface area contributed by atoms with E-state index in [2.05, 4.69) is 30.4 Å². The van der Waals surface area contributed by atoms with Crippen LogP contribution in [-0.4, -0.2) is 5.91 Å². The molecule has 23 heavy (non-hydrogen) atoms. The number of hydrogen-bond donors (Lipinski definition) is 1. The molecular formula is C20H22ClNO. The monoisotopic (exact) mass is 327 g/mol. The molecule has 0 bridgehead atoms. The molecule has 2 aromatic carbocycles. The van der Waals surface area contributed by atoms with Crippen LogP contribution < -0.4 is 5.32 Å². The van der Waals surface area contributed by atoms with Crippen molar-refractivity contribution in [2.24, 2.45) is 0 Å². The highest BCUT2D eigenvalue weighted by Crippen LogP contribution is 2.26. The first-order valence-electron chi connectivity index (χ1n) is 8.36. The maximum Gasteiger partial charge on any atom is 0.253 e. The predicted octanol–water partition coefficient (Wildman–Crippen LogP) is 5.10. The maximum atomic E-state index is 12.5. The molecule has 3 heteroatoms. The molecule has 0 saturated carbocycles. The highest BCUT2D eigenvalue weighted by molar-refractivity contribution is 6.33. The van der Waals surface area contributed by atoms with Gasteiger partial charge in [-0.15, -0.1) is 0 Å². The first-order valence-corrected chi connectivity index (χ1v) is 8.74. The zero-order valence-corrected chi connectivity index (χ0v) is 14.2. The first kappa shape index (κ1) is 16.1. The fourth-order valence-corrected chi connectivity index (χ4v) is 3.49. The molecule has 120 valence electrons. The molecule has 2 aromatic rings. The van der Waals surface area contributed by atoms with Crippen LogP contribution in [0.5, 0.6) is 0 Å². The summed E-state index contributed by atoms with van der Waals surface area (Å²) in [7, 11) is 0. The molecule has 0 spiro atoms. The largest absolute Gasteiger partial charge is 0.345 e. The number of carbonyl (C=O) groups excluding carboxylic acids is 1. The van der Waals surface area contributed by atoms with Gasteiger partial charge in [-0.1, -0.05) is 48.9 Å². The van der Waals surface area contributed by atoms with Crippen molar-refractivity contribution < 1.29 is 4.79 Å². The van der Waals surface area contributed by atoms with Crippen molar-refractivity contribution in [2.45, 2.75) is 45.1 Å². The summed E-state index contributed by atoms with van der Waals surface area (Å²) in [5.74, 6) is -0.111. The Bertz CT molecular complexity index is 711. The van der Waals surface area contributed by atoms with E-state index in [1.807, 2.05) is 12.1 Å². The third-order valence-electron chi connectivity index (χ3n) is 4.61. The van der Waals surface area contributed by atoms with Crippen LogP contribution in [0.4, 0.5) is 0 Å². The number of halogens is 1. The van der Waals surface area contributed by atoms with Gasteiger partial charge >= 0.3 is 0 Å². The minimum atomic E-state index is -0.111. The molecule has 0 saturated heterocycles. The molecule has 1 N–H and O–H groups in total. The topological polar surface area (TPSA) is 29.1 Å². The van der Waals surface area contributed by atoms with Gasteiger partial charge in [0.2, 0.25) is 0 Å². The van der Waals surface area contributed by atoms with E-state index < -0.39 is 0 Å². The van der Waals surface area contributed by atoms with Crippen molar-refractivity contribution in [3.05, 3.63) is 69.7 Å². The van der Waals surface area contributed by atoms with Crippen LogP contribution in [0, 0.1) is 0 Å². The Hall–Kier alpha value is -1.80. The van der Waals surface area contributed by atoms with Crippen molar-refractivity contribution in [3.63, 3.8) is 0 Å². The minimum Gasteiger partial charge on any atom is -0.345 e. The van der Waals surface area contributed by atoms with Gasteiger partial charge in [-0.05, 0) is 60.9 Å². The van der Waals surface area contributed by atoms with Crippen LogP contribution in [-0.2, 0) is 12.8 Å². The SMILES string of the molecule is CCC(NC(=O)c1ccccc1Cl)c1ccc2c(c1)CCCC2. The summed E-state index contributed by atoms with van der Waals surface area (Å²) < 4.78 is 0. The molecule has 1 atom stereocenters. The summed E-state index contributed by atoms with van der Waals surface area (Å²) >= 11 is 6.13. The Kier molecular flexibility index (Phi) is 5.02. The van der Waals surface area contributed by atoms with E-state index in [1.54, 1.807) is 12.1 Å². The molecule has 0 radical (unpaired) electrons. The number of nitrogens with one attached hydrogen (secondary N) is 1. The first-order chi connectivity index (χ1) is 11.2. The summed E-state index contributed by atoms with van der Waals surface area (Å²) in [6.07, 6.45) is 5.73. The van der Waals surface area contributed by atoms with Gasteiger partial charge < -0.3 is 5.32 Å². The maximum absolute atomic E-state index is 12.5. The van der Waals surface area contributed by atoms with Crippen LogP contribution in [0.25, 0.3) is 0 Å². The number of amides is 1. The average molecular weight is 328 g/mol. The van der Waals surface area contributed by atoms with Gasteiger partial charge in [0.25, 0.3) is 5.91 Å². The van der Waals surface area contributed by atoms with Gasteiger partial charge in [0.1, 0.15) is 0 Å². The van der Waals surface area contributed by atoms with E-state index in [4.69, 9.17) is 11.6 Å². The quantitative estimate of drug-likeness (QED) is 0.831. The second-order valence-electron chi connectivity index (χ2n) is 6.15. The lowest BCUT2D eigenvalue weighted by atomic mass is 9.88. The summed E-state index contributed by atoms with van der Waals surface area (Å²) in [4.78, 5) is 12.5. The molecule has 0 heterocycles. The lowest BCUT2D eigenvalue weighted by Gasteiger charge is -2.22. The predicted molar refractivity (Wildman–Crippen MR) is 95.0 cm³/mol.